The summed E-state index contributed by atoms with van der Waals surface area (Å²) in [5.74, 6) is -1.70. The minimum atomic E-state index is -1.04. The predicted octanol–water partition coefficient (Wildman–Crippen LogP) is -1.48. The largest absolute Gasteiger partial charge is 1.00 e. The van der Waals surface area contributed by atoms with Gasteiger partial charge in [0.2, 0.25) is 5.91 Å². The fraction of sp³-hybridized carbons (Fsp3) is 0.556. The fourth-order valence-electron chi connectivity index (χ4n) is 3.46. The van der Waals surface area contributed by atoms with Crippen molar-refractivity contribution in [2.75, 3.05) is 0 Å². The first-order chi connectivity index (χ1) is 10.5. The van der Waals surface area contributed by atoms with E-state index in [1.807, 2.05) is 6.92 Å². The van der Waals surface area contributed by atoms with Gasteiger partial charge in [-0.2, -0.15) is 0 Å². The molecule has 1 aromatic carbocycles. The Morgan fingerprint density at radius 2 is 1.78 bits per heavy atom. The Labute approximate surface area is 159 Å². The van der Waals surface area contributed by atoms with Gasteiger partial charge in [-0.1, -0.05) is 18.2 Å². The molecule has 1 fully saturated rings. The molecule has 0 spiro atoms. The minimum Gasteiger partial charge on any atom is -0.550 e. The second-order valence-electron chi connectivity index (χ2n) is 6.65. The summed E-state index contributed by atoms with van der Waals surface area (Å²) in [5, 5.41) is 13.7. The van der Waals surface area contributed by atoms with E-state index in [0.29, 0.717) is 12.8 Å². The summed E-state index contributed by atoms with van der Waals surface area (Å²) in [6.45, 7) is 1.98. The zero-order valence-electron chi connectivity index (χ0n) is 13.9. The molecule has 118 valence electrons. The van der Waals surface area contributed by atoms with E-state index in [-0.39, 0.29) is 47.4 Å². The van der Waals surface area contributed by atoms with Crippen molar-refractivity contribution in [3.8, 4) is 0 Å². The third-order valence-electron chi connectivity index (χ3n) is 5.07. The summed E-state index contributed by atoms with van der Waals surface area (Å²) in [6, 6.07) is 6.45. The van der Waals surface area contributed by atoms with Gasteiger partial charge in [0.1, 0.15) is 0 Å². The third kappa shape index (κ3) is 4.17. The number of nitrogens with one attached hydrogen (secondary N) is 1. The summed E-state index contributed by atoms with van der Waals surface area (Å²) >= 11 is 0. The molecule has 2 aliphatic rings. The van der Waals surface area contributed by atoms with Gasteiger partial charge >= 0.3 is 29.6 Å². The van der Waals surface area contributed by atoms with Gasteiger partial charge < -0.3 is 15.2 Å². The van der Waals surface area contributed by atoms with Gasteiger partial charge in [-0.3, -0.25) is 4.79 Å². The van der Waals surface area contributed by atoms with Crippen molar-refractivity contribution in [2.24, 2.45) is 11.8 Å². The summed E-state index contributed by atoms with van der Waals surface area (Å²) in [6.07, 6.45) is 5.60. The van der Waals surface area contributed by atoms with Crippen LogP contribution in [-0.4, -0.2) is 11.9 Å². The Balaban J connectivity index is 0.00000192. The minimum absolute atomic E-state index is 0. The van der Waals surface area contributed by atoms with Gasteiger partial charge in [0.15, 0.2) is 0 Å². The third-order valence-corrected chi connectivity index (χ3v) is 5.07. The number of carboxylic acid groups (broad SMARTS) is 1. The van der Waals surface area contributed by atoms with Crippen LogP contribution in [0, 0.1) is 11.8 Å². The topological polar surface area (TPSA) is 69.2 Å². The molecule has 0 heterocycles. The van der Waals surface area contributed by atoms with Crippen LogP contribution in [0.1, 0.15) is 55.3 Å². The number of carbonyl (C=O) groups excluding carboxylic acids is 2. The molecule has 1 amide bonds. The van der Waals surface area contributed by atoms with Crippen molar-refractivity contribution < 1.29 is 44.3 Å². The van der Waals surface area contributed by atoms with E-state index in [1.54, 1.807) is 0 Å². The van der Waals surface area contributed by atoms with Gasteiger partial charge in [-0.15, -0.1) is 0 Å². The van der Waals surface area contributed by atoms with Crippen LogP contribution >= 0.6 is 0 Å². The first-order valence-electron chi connectivity index (χ1n) is 8.17. The molecule has 0 aliphatic heterocycles. The molecule has 2 aliphatic carbocycles. The first kappa shape index (κ1) is 18.5. The number of aryl methyl sites for hydroxylation is 2. The fourth-order valence-corrected chi connectivity index (χ4v) is 3.46. The van der Waals surface area contributed by atoms with Gasteiger partial charge in [-0.25, -0.2) is 0 Å². The van der Waals surface area contributed by atoms with Crippen LogP contribution in [0.15, 0.2) is 18.2 Å². The monoisotopic (exact) mass is 323 g/mol. The molecule has 1 aromatic rings. The molecule has 0 saturated heterocycles. The van der Waals surface area contributed by atoms with E-state index in [0.717, 1.165) is 18.4 Å². The van der Waals surface area contributed by atoms with Crippen molar-refractivity contribution in [2.45, 2.75) is 51.5 Å². The van der Waals surface area contributed by atoms with Crippen LogP contribution in [-0.2, 0) is 22.4 Å². The Morgan fingerprint density at radius 1 is 1.13 bits per heavy atom. The Bertz CT molecular complexity index is 596. The summed E-state index contributed by atoms with van der Waals surface area (Å²) in [4.78, 5) is 22.8. The maximum atomic E-state index is 12.1. The van der Waals surface area contributed by atoms with E-state index in [4.69, 9.17) is 0 Å². The molecule has 1 unspecified atom stereocenters. The number of hydrogen-bond donors (Lipinski definition) is 1. The zero-order valence-corrected chi connectivity index (χ0v) is 15.9. The second-order valence-corrected chi connectivity index (χ2v) is 6.65. The number of aliphatic carboxylic acids is 1. The van der Waals surface area contributed by atoms with Crippen molar-refractivity contribution in [1.82, 2.24) is 5.32 Å². The van der Waals surface area contributed by atoms with Crippen molar-refractivity contribution >= 4 is 11.9 Å². The van der Waals surface area contributed by atoms with E-state index in [1.165, 1.54) is 24.0 Å². The van der Waals surface area contributed by atoms with Crippen molar-refractivity contribution in [1.29, 1.82) is 0 Å². The standard InChI is InChI=1S/C18H23NO3.Na/c1-11(19-17(20)15-9-16(10-15)18(21)22)13-7-6-12-4-2-3-5-14(12)8-13;/h6-8,11,15-16H,2-5,9-10H2,1H3,(H,19,20)(H,21,22);/q;+1/p-1. The second kappa shape index (κ2) is 7.82. The molecule has 23 heavy (non-hydrogen) atoms. The number of carboxylic acids is 1. The SMILES string of the molecule is CC(NC(=O)C1CC(C(=O)[O-])C1)c1ccc2c(c1)CCCC2.[Na+]. The molecule has 0 radical (unpaired) electrons. The summed E-state index contributed by atoms with van der Waals surface area (Å²) in [7, 11) is 0. The molecule has 1 N–H and O–H groups in total. The van der Waals surface area contributed by atoms with Crippen LogP contribution in [0.5, 0.6) is 0 Å². The number of fused-ring (bicyclic) bond motifs is 1. The van der Waals surface area contributed by atoms with Gasteiger partial charge in [0, 0.05) is 17.8 Å². The van der Waals surface area contributed by atoms with Crippen LogP contribution in [0.25, 0.3) is 0 Å². The molecule has 4 nitrogen and oxygen atoms in total. The maximum absolute atomic E-state index is 12.1. The molecule has 0 bridgehead atoms. The molecular formula is C18H22NNaO3. The van der Waals surface area contributed by atoms with Crippen LogP contribution < -0.4 is 40.0 Å². The average Bonchev–Trinajstić information content (AvgIpc) is 2.44. The van der Waals surface area contributed by atoms with E-state index in [2.05, 4.69) is 23.5 Å². The van der Waals surface area contributed by atoms with Crippen LogP contribution in [0.4, 0.5) is 0 Å². The first-order valence-corrected chi connectivity index (χ1v) is 8.17. The van der Waals surface area contributed by atoms with Crippen LogP contribution in [0.3, 0.4) is 0 Å². The number of benzene rings is 1. The molecule has 5 heteroatoms. The normalized spacial score (nSPS) is 23.7. The molecule has 1 saturated carbocycles. The smallest absolute Gasteiger partial charge is 0.550 e. The molecule has 0 aromatic heterocycles. The van der Waals surface area contributed by atoms with E-state index >= 15 is 0 Å². The zero-order chi connectivity index (χ0) is 15.7. The Hall–Kier alpha value is -0.840. The van der Waals surface area contributed by atoms with Gasteiger partial charge in [-0.05, 0) is 62.1 Å². The number of amides is 1. The number of carbonyl (C=O) groups is 2. The van der Waals surface area contributed by atoms with Crippen molar-refractivity contribution in [3.05, 3.63) is 34.9 Å². The average molecular weight is 323 g/mol. The number of hydrogen-bond acceptors (Lipinski definition) is 3. The maximum Gasteiger partial charge on any atom is 1.00 e. The molecule has 1 atom stereocenters. The van der Waals surface area contributed by atoms with Crippen molar-refractivity contribution in [3.63, 3.8) is 0 Å². The molecule has 3 rings (SSSR count). The van der Waals surface area contributed by atoms with Crippen LogP contribution in [0.2, 0.25) is 0 Å². The Morgan fingerprint density at radius 3 is 2.43 bits per heavy atom. The van der Waals surface area contributed by atoms with Gasteiger partial charge in [0.05, 0.1) is 6.04 Å². The Kier molecular flexibility index (Phi) is 6.29. The molecular weight excluding hydrogens is 301 g/mol. The number of rotatable bonds is 4. The van der Waals surface area contributed by atoms with Gasteiger partial charge in [0.25, 0.3) is 0 Å². The van der Waals surface area contributed by atoms with E-state index in [9.17, 15) is 14.7 Å². The summed E-state index contributed by atoms with van der Waals surface area (Å²) in [5.41, 5.74) is 3.97. The summed E-state index contributed by atoms with van der Waals surface area (Å²) < 4.78 is 0. The quantitative estimate of drug-likeness (QED) is 0.688. The predicted molar refractivity (Wildman–Crippen MR) is 80.9 cm³/mol. The van der Waals surface area contributed by atoms with E-state index < -0.39 is 11.9 Å².